The monoisotopic (exact) mass is 721 g/mol. The summed E-state index contributed by atoms with van der Waals surface area (Å²) in [5, 5.41) is 40.6. The summed E-state index contributed by atoms with van der Waals surface area (Å²) in [5.74, 6) is -8.16. The molecule has 14 N–H and O–H groups in total. The summed E-state index contributed by atoms with van der Waals surface area (Å²) in [6.45, 7) is 2.52. The van der Waals surface area contributed by atoms with Gasteiger partial charge in [0.25, 0.3) is 0 Å². The lowest BCUT2D eigenvalue weighted by atomic mass is 10.0. The number of aromatic nitrogens is 4. The number of carboxylic acid groups (broad SMARTS) is 2. The van der Waals surface area contributed by atoms with Crippen molar-refractivity contribution in [2.45, 2.75) is 88.6 Å². The summed E-state index contributed by atoms with van der Waals surface area (Å²) in [6, 6.07) is -8.54. The maximum absolute atomic E-state index is 13.6. The molecule has 6 atom stereocenters. The molecule has 21 heteroatoms. The van der Waals surface area contributed by atoms with Gasteiger partial charge in [0.1, 0.15) is 30.2 Å². The van der Waals surface area contributed by atoms with Crippen molar-refractivity contribution in [1.29, 1.82) is 0 Å². The van der Waals surface area contributed by atoms with Crippen LogP contribution in [0.25, 0.3) is 0 Å². The van der Waals surface area contributed by atoms with E-state index in [4.69, 9.17) is 11.5 Å². The predicted molar refractivity (Wildman–Crippen MR) is 177 cm³/mol. The molecule has 5 amide bonds. The summed E-state index contributed by atoms with van der Waals surface area (Å²) in [4.78, 5) is 103. The molecule has 0 bridgehead atoms. The number of nitrogens with two attached hydrogens (primary N) is 2. The predicted octanol–water partition coefficient (Wildman–Crippen LogP) is -3.99. The van der Waals surface area contributed by atoms with E-state index in [-0.39, 0.29) is 19.3 Å². The van der Waals surface area contributed by atoms with Crippen LogP contribution in [0.2, 0.25) is 0 Å². The molecule has 2 aromatic rings. The Bertz CT molecular complexity index is 1450. The van der Waals surface area contributed by atoms with Gasteiger partial charge in [-0.3, -0.25) is 28.8 Å². The Hall–Kier alpha value is -5.41. The molecule has 51 heavy (non-hydrogen) atoms. The summed E-state index contributed by atoms with van der Waals surface area (Å²) in [7, 11) is 0. The van der Waals surface area contributed by atoms with Gasteiger partial charge in [-0.25, -0.2) is 14.8 Å². The number of H-pyrrole nitrogens is 2. The number of imidazole rings is 2. The third-order valence-electron chi connectivity index (χ3n) is 7.58. The molecule has 0 fully saturated rings. The number of carbonyl (C=O) groups excluding carboxylic acids is 5. The van der Waals surface area contributed by atoms with Crippen LogP contribution in [0, 0.1) is 5.92 Å². The number of unbranched alkanes of at least 4 members (excludes halogenated alkanes) is 1. The molecule has 0 saturated carbocycles. The largest absolute Gasteiger partial charge is 0.481 e. The van der Waals surface area contributed by atoms with E-state index in [0.29, 0.717) is 30.8 Å². The minimum Gasteiger partial charge on any atom is -0.481 e. The van der Waals surface area contributed by atoms with Gasteiger partial charge in [-0.15, -0.1) is 0 Å². The van der Waals surface area contributed by atoms with E-state index in [1.54, 1.807) is 13.8 Å². The van der Waals surface area contributed by atoms with Crippen LogP contribution in [0.1, 0.15) is 50.9 Å². The molecule has 0 aliphatic heterocycles. The van der Waals surface area contributed by atoms with Crippen molar-refractivity contribution in [2.24, 2.45) is 17.4 Å². The number of amides is 5. The second-order valence-electron chi connectivity index (χ2n) is 12.0. The molecule has 2 heterocycles. The summed E-state index contributed by atoms with van der Waals surface area (Å²) >= 11 is 0. The van der Waals surface area contributed by atoms with Crippen LogP contribution in [0.3, 0.4) is 0 Å². The van der Waals surface area contributed by atoms with Gasteiger partial charge in [-0.1, -0.05) is 13.8 Å². The van der Waals surface area contributed by atoms with Gasteiger partial charge in [0, 0.05) is 36.6 Å². The number of aliphatic carboxylic acids is 2. The van der Waals surface area contributed by atoms with Crippen LogP contribution >= 0.6 is 0 Å². The lowest BCUT2D eigenvalue weighted by Crippen LogP contribution is -2.61. The lowest BCUT2D eigenvalue weighted by molar-refractivity contribution is -0.142. The molecular formula is C30H47N11O10. The van der Waals surface area contributed by atoms with E-state index >= 15 is 0 Å². The van der Waals surface area contributed by atoms with Crippen LogP contribution in [0.4, 0.5) is 0 Å². The van der Waals surface area contributed by atoms with E-state index in [9.17, 15) is 48.9 Å². The second-order valence-corrected chi connectivity index (χ2v) is 12.0. The van der Waals surface area contributed by atoms with Crippen molar-refractivity contribution in [2.75, 3.05) is 13.2 Å². The summed E-state index contributed by atoms with van der Waals surface area (Å²) in [6.07, 6.45) is 5.55. The van der Waals surface area contributed by atoms with E-state index < -0.39 is 96.7 Å². The molecule has 0 aliphatic carbocycles. The average molecular weight is 722 g/mol. The van der Waals surface area contributed by atoms with Crippen molar-refractivity contribution in [3.63, 3.8) is 0 Å². The van der Waals surface area contributed by atoms with E-state index in [2.05, 4.69) is 46.5 Å². The van der Waals surface area contributed by atoms with Gasteiger partial charge in [-0.2, -0.15) is 0 Å². The first-order valence-corrected chi connectivity index (χ1v) is 16.1. The van der Waals surface area contributed by atoms with Gasteiger partial charge in [0.2, 0.25) is 29.5 Å². The Kier molecular flexibility index (Phi) is 17.2. The highest BCUT2D eigenvalue weighted by Gasteiger charge is 2.35. The van der Waals surface area contributed by atoms with Gasteiger partial charge in [0.15, 0.2) is 0 Å². The topological polar surface area (TPSA) is 350 Å². The minimum absolute atomic E-state index is 0.0215. The number of aromatic amines is 2. The van der Waals surface area contributed by atoms with Crippen molar-refractivity contribution in [3.05, 3.63) is 36.4 Å². The molecule has 0 aromatic carbocycles. The Balaban J connectivity index is 2.18. The van der Waals surface area contributed by atoms with Crippen molar-refractivity contribution in [3.8, 4) is 0 Å². The van der Waals surface area contributed by atoms with Crippen LogP contribution in [0.5, 0.6) is 0 Å². The Morgan fingerprint density at radius 2 is 1.25 bits per heavy atom. The van der Waals surface area contributed by atoms with Gasteiger partial charge in [-0.05, 0) is 31.7 Å². The standard InChI is InChI=1S/C30H47N11O10/c1-15(2)24(29(49)39-20(8-17-11-34-14-36-17)26(46)37-19(30(50)51)5-3-4-6-31)41-27(47)21(9-23(43)44)38-28(48)22(12-42)40-25(45)18(32)7-16-10-33-13-35-16/h10-11,13-15,18-22,24,42H,3-9,12,31-32H2,1-2H3,(H,33,35)(H,34,36)(H,37,46)(H,38,48)(H,39,49)(H,40,45)(H,41,47)(H,43,44)(H,50,51)/t18-,19-,20-,21-,22-,24-/m0/s1. The number of nitrogens with zero attached hydrogens (tertiary/aromatic N) is 2. The van der Waals surface area contributed by atoms with Crippen LogP contribution in [0.15, 0.2) is 25.0 Å². The first-order chi connectivity index (χ1) is 24.2. The van der Waals surface area contributed by atoms with Gasteiger partial charge >= 0.3 is 11.9 Å². The fourth-order valence-electron chi connectivity index (χ4n) is 4.75. The van der Waals surface area contributed by atoms with Gasteiger partial charge < -0.3 is 63.3 Å². The molecule has 2 aromatic heterocycles. The third-order valence-corrected chi connectivity index (χ3v) is 7.58. The smallest absolute Gasteiger partial charge is 0.326 e. The van der Waals surface area contributed by atoms with E-state index in [0.717, 1.165) is 0 Å². The van der Waals surface area contributed by atoms with Crippen molar-refractivity contribution >= 4 is 41.5 Å². The lowest BCUT2D eigenvalue weighted by Gasteiger charge is -2.28. The third kappa shape index (κ3) is 14.2. The normalized spacial score (nSPS) is 14.6. The molecule has 282 valence electrons. The first-order valence-electron chi connectivity index (χ1n) is 16.1. The Morgan fingerprint density at radius 1 is 0.725 bits per heavy atom. The minimum atomic E-state index is -1.78. The zero-order chi connectivity index (χ0) is 38.1. The molecule has 0 spiro atoms. The van der Waals surface area contributed by atoms with Crippen LogP contribution in [-0.4, -0.2) is 126 Å². The first kappa shape index (κ1) is 41.8. The second kappa shape index (κ2) is 21.0. The fourth-order valence-corrected chi connectivity index (χ4v) is 4.75. The van der Waals surface area contributed by atoms with Crippen molar-refractivity contribution in [1.82, 2.24) is 46.5 Å². The van der Waals surface area contributed by atoms with E-state index in [1.165, 1.54) is 25.0 Å². The van der Waals surface area contributed by atoms with Crippen molar-refractivity contribution < 1.29 is 48.9 Å². The Labute approximate surface area is 292 Å². The maximum atomic E-state index is 13.6. The molecule has 0 unspecified atom stereocenters. The number of hydrogen-bond donors (Lipinski definition) is 12. The number of aliphatic hydroxyl groups is 1. The number of carboxylic acids is 2. The fraction of sp³-hybridized carbons (Fsp3) is 0.567. The van der Waals surface area contributed by atoms with Gasteiger partial charge in [0.05, 0.1) is 31.7 Å². The highest BCUT2D eigenvalue weighted by atomic mass is 16.4. The summed E-state index contributed by atoms with van der Waals surface area (Å²) < 4.78 is 0. The van der Waals surface area contributed by atoms with Crippen LogP contribution < -0.4 is 38.1 Å². The molecule has 2 rings (SSSR count). The highest BCUT2D eigenvalue weighted by Crippen LogP contribution is 2.08. The molecule has 21 nitrogen and oxygen atoms in total. The quantitative estimate of drug-likeness (QED) is 0.0487. The molecule has 0 saturated heterocycles. The van der Waals surface area contributed by atoms with Crippen LogP contribution in [-0.2, 0) is 46.4 Å². The number of nitrogens with one attached hydrogen (secondary N) is 7. The number of carbonyl (C=O) groups is 7. The average Bonchev–Trinajstić information content (AvgIpc) is 3.79. The maximum Gasteiger partial charge on any atom is 0.326 e. The number of hydrogen-bond acceptors (Lipinski definition) is 12. The summed E-state index contributed by atoms with van der Waals surface area (Å²) in [5.41, 5.74) is 12.3. The zero-order valence-electron chi connectivity index (χ0n) is 28.3. The van der Waals surface area contributed by atoms with E-state index in [1.807, 2.05) is 0 Å². The highest BCUT2D eigenvalue weighted by molar-refractivity contribution is 5.97. The number of rotatable bonds is 23. The zero-order valence-corrected chi connectivity index (χ0v) is 28.3. The molecule has 0 aliphatic rings. The molecular weight excluding hydrogens is 674 g/mol. The number of aliphatic hydroxyl groups excluding tert-OH is 1. The molecule has 0 radical (unpaired) electrons. The SMILES string of the molecule is CC(C)[C@H](NC(=O)[C@H](CC(=O)O)NC(=O)[C@H](CO)NC(=O)[C@@H](N)Cc1cnc[nH]1)C(=O)N[C@@H](Cc1cnc[nH]1)C(=O)N[C@@H](CCCCN)C(=O)O. The Morgan fingerprint density at radius 3 is 1.76 bits per heavy atom.